The van der Waals surface area contributed by atoms with E-state index in [1.165, 1.54) is 0 Å². The molecular formula is C12H14BrN3O2. The first-order chi connectivity index (χ1) is 8.58. The lowest BCUT2D eigenvalue weighted by Crippen LogP contribution is -1.96. The van der Waals surface area contributed by atoms with Crippen molar-refractivity contribution in [2.45, 2.75) is 6.92 Å². The van der Waals surface area contributed by atoms with E-state index < -0.39 is 0 Å². The van der Waals surface area contributed by atoms with Crippen molar-refractivity contribution in [3.05, 3.63) is 22.2 Å². The molecular weight excluding hydrogens is 298 g/mol. The van der Waals surface area contributed by atoms with Gasteiger partial charge in [0.15, 0.2) is 11.5 Å². The van der Waals surface area contributed by atoms with Crippen molar-refractivity contribution in [2.75, 3.05) is 20.0 Å². The second kappa shape index (κ2) is 4.89. The van der Waals surface area contributed by atoms with Crippen molar-refractivity contribution >= 4 is 21.7 Å². The highest BCUT2D eigenvalue weighted by Gasteiger charge is 2.18. The molecule has 0 bridgehead atoms. The van der Waals surface area contributed by atoms with Crippen molar-refractivity contribution in [1.82, 2.24) is 10.2 Å². The number of ether oxygens (including phenoxy) is 2. The summed E-state index contributed by atoms with van der Waals surface area (Å²) in [5.74, 6) is 1.77. The summed E-state index contributed by atoms with van der Waals surface area (Å²) in [4.78, 5) is 0. The number of nitrogens with zero attached hydrogens (tertiary/aromatic N) is 1. The van der Waals surface area contributed by atoms with Crippen LogP contribution in [0.4, 0.5) is 5.82 Å². The number of aromatic nitrogens is 2. The van der Waals surface area contributed by atoms with Crippen LogP contribution in [0.3, 0.4) is 0 Å². The maximum Gasteiger partial charge on any atom is 0.175 e. The molecule has 2 rings (SSSR count). The molecule has 6 heteroatoms. The average Bonchev–Trinajstić information content (AvgIpc) is 2.75. The van der Waals surface area contributed by atoms with Crippen molar-refractivity contribution in [3.8, 4) is 22.8 Å². The molecule has 1 aromatic heterocycles. The summed E-state index contributed by atoms with van der Waals surface area (Å²) in [5.41, 5.74) is 8.45. The molecule has 3 N–H and O–H groups in total. The summed E-state index contributed by atoms with van der Waals surface area (Å²) in [6.45, 7) is 1.99. The number of hydrogen-bond acceptors (Lipinski definition) is 4. The average molecular weight is 312 g/mol. The highest BCUT2D eigenvalue weighted by molar-refractivity contribution is 9.10. The van der Waals surface area contributed by atoms with Gasteiger partial charge < -0.3 is 15.2 Å². The van der Waals surface area contributed by atoms with E-state index in [2.05, 4.69) is 26.1 Å². The van der Waals surface area contributed by atoms with Crippen LogP contribution in [0.15, 0.2) is 16.6 Å². The topological polar surface area (TPSA) is 73.2 Å². The molecule has 1 aromatic carbocycles. The summed E-state index contributed by atoms with van der Waals surface area (Å²) in [6.07, 6.45) is 0. The van der Waals surface area contributed by atoms with Gasteiger partial charge in [-0.25, -0.2) is 0 Å². The number of halogens is 1. The molecule has 0 spiro atoms. The predicted molar refractivity (Wildman–Crippen MR) is 74.0 cm³/mol. The molecule has 1 heterocycles. The van der Waals surface area contributed by atoms with Crippen LogP contribution < -0.4 is 15.2 Å². The number of rotatable bonds is 3. The molecule has 0 radical (unpaired) electrons. The summed E-state index contributed by atoms with van der Waals surface area (Å²) < 4.78 is 11.5. The molecule has 0 amide bonds. The fourth-order valence-corrected chi connectivity index (χ4v) is 2.75. The molecule has 0 aliphatic rings. The zero-order chi connectivity index (χ0) is 13.3. The van der Waals surface area contributed by atoms with E-state index in [9.17, 15) is 0 Å². The third-order valence-corrected chi connectivity index (χ3v) is 3.43. The van der Waals surface area contributed by atoms with E-state index >= 15 is 0 Å². The van der Waals surface area contributed by atoms with Crippen LogP contribution in [0.2, 0.25) is 0 Å². The minimum absolute atomic E-state index is 0.450. The SMILES string of the molecule is COc1cc(C)c(-c2cc(N)n[nH]2)c(Br)c1OC. The Bertz CT molecular complexity index is 581. The lowest BCUT2D eigenvalue weighted by atomic mass is 10.0. The number of nitrogens with two attached hydrogens (primary N) is 1. The normalized spacial score (nSPS) is 10.4. The number of benzene rings is 1. The van der Waals surface area contributed by atoms with Gasteiger partial charge in [0.2, 0.25) is 0 Å². The molecule has 96 valence electrons. The molecule has 5 nitrogen and oxygen atoms in total. The Hall–Kier alpha value is -1.69. The van der Waals surface area contributed by atoms with Crippen LogP contribution in [-0.2, 0) is 0 Å². The van der Waals surface area contributed by atoms with Crippen LogP contribution in [0.25, 0.3) is 11.3 Å². The van der Waals surface area contributed by atoms with E-state index in [0.717, 1.165) is 21.3 Å². The minimum Gasteiger partial charge on any atom is -0.493 e. The summed E-state index contributed by atoms with van der Waals surface area (Å²) >= 11 is 3.54. The van der Waals surface area contributed by atoms with Crippen molar-refractivity contribution in [2.24, 2.45) is 0 Å². The second-order valence-electron chi connectivity index (χ2n) is 3.82. The molecule has 0 atom stereocenters. The van der Waals surface area contributed by atoms with E-state index in [1.807, 2.05) is 13.0 Å². The first-order valence-electron chi connectivity index (χ1n) is 5.30. The summed E-state index contributed by atoms with van der Waals surface area (Å²) in [6, 6.07) is 3.69. The Morgan fingerprint density at radius 1 is 1.28 bits per heavy atom. The third-order valence-electron chi connectivity index (χ3n) is 2.68. The Morgan fingerprint density at radius 2 is 2.00 bits per heavy atom. The van der Waals surface area contributed by atoms with E-state index in [0.29, 0.717) is 17.3 Å². The van der Waals surface area contributed by atoms with Crippen molar-refractivity contribution in [1.29, 1.82) is 0 Å². The Kier molecular flexibility index (Phi) is 3.47. The number of nitrogens with one attached hydrogen (secondary N) is 1. The number of anilines is 1. The number of hydrogen-bond donors (Lipinski definition) is 2. The molecule has 0 saturated heterocycles. The highest BCUT2D eigenvalue weighted by atomic mass is 79.9. The predicted octanol–water partition coefficient (Wildman–Crippen LogP) is 2.75. The van der Waals surface area contributed by atoms with Crippen molar-refractivity contribution < 1.29 is 9.47 Å². The molecule has 0 unspecified atom stereocenters. The molecule has 0 saturated carbocycles. The zero-order valence-electron chi connectivity index (χ0n) is 10.4. The van der Waals surface area contributed by atoms with Crippen LogP contribution >= 0.6 is 15.9 Å². The number of aromatic amines is 1. The maximum absolute atomic E-state index is 5.63. The van der Waals surface area contributed by atoms with Crippen LogP contribution in [0.1, 0.15) is 5.56 Å². The maximum atomic E-state index is 5.63. The summed E-state index contributed by atoms with van der Waals surface area (Å²) in [7, 11) is 3.21. The van der Waals surface area contributed by atoms with Gasteiger partial charge in [0.1, 0.15) is 5.82 Å². The van der Waals surface area contributed by atoms with Crippen LogP contribution in [-0.4, -0.2) is 24.4 Å². The molecule has 18 heavy (non-hydrogen) atoms. The van der Waals surface area contributed by atoms with Crippen molar-refractivity contribution in [3.63, 3.8) is 0 Å². The Balaban J connectivity index is 2.68. The standard InChI is InChI=1S/C12H14BrN3O2/c1-6-4-8(17-2)12(18-3)11(13)10(6)7-5-9(14)16-15-7/h4-5H,1-3H3,(H3,14,15,16). The monoisotopic (exact) mass is 311 g/mol. The number of H-pyrrole nitrogens is 1. The summed E-state index contributed by atoms with van der Waals surface area (Å²) in [5, 5.41) is 6.82. The highest BCUT2D eigenvalue weighted by Crippen LogP contribution is 2.43. The molecule has 0 aliphatic carbocycles. The molecule has 2 aromatic rings. The minimum atomic E-state index is 0.450. The second-order valence-corrected chi connectivity index (χ2v) is 4.62. The Labute approximate surface area is 113 Å². The zero-order valence-corrected chi connectivity index (χ0v) is 12.0. The molecule has 0 fully saturated rings. The van der Waals surface area contributed by atoms with Gasteiger partial charge in [-0.05, 0) is 34.5 Å². The number of aryl methyl sites for hydroxylation is 1. The van der Waals surface area contributed by atoms with E-state index in [-0.39, 0.29) is 0 Å². The van der Waals surface area contributed by atoms with Crippen LogP contribution in [0, 0.1) is 6.92 Å². The first kappa shape index (κ1) is 12.8. The first-order valence-corrected chi connectivity index (χ1v) is 6.10. The smallest absolute Gasteiger partial charge is 0.175 e. The van der Waals surface area contributed by atoms with Gasteiger partial charge in [-0.2, -0.15) is 5.10 Å². The van der Waals surface area contributed by atoms with Gasteiger partial charge in [0.05, 0.1) is 24.4 Å². The largest absolute Gasteiger partial charge is 0.493 e. The fourth-order valence-electron chi connectivity index (χ4n) is 1.87. The van der Waals surface area contributed by atoms with Gasteiger partial charge in [-0.15, -0.1) is 0 Å². The quantitative estimate of drug-likeness (QED) is 0.914. The van der Waals surface area contributed by atoms with Gasteiger partial charge >= 0.3 is 0 Å². The van der Waals surface area contributed by atoms with Crippen LogP contribution in [0.5, 0.6) is 11.5 Å². The van der Waals surface area contributed by atoms with Gasteiger partial charge in [0, 0.05) is 11.6 Å². The number of nitrogen functional groups attached to an aromatic ring is 1. The Morgan fingerprint density at radius 3 is 2.50 bits per heavy atom. The van der Waals surface area contributed by atoms with Gasteiger partial charge in [0.25, 0.3) is 0 Å². The third kappa shape index (κ3) is 2.03. The number of methoxy groups -OCH3 is 2. The van der Waals surface area contributed by atoms with Gasteiger partial charge in [-0.3, -0.25) is 5.10 Å². The van der Waals surface area contributed by atoms with Gasteiger partial charge in [-0.1, -0.05) is 0 Å². The van der Waals surface area contributed by atoms with E-state index in [1.54, 1.807) is 20.3 Å². The molecule has 0 aliphatic heterocycles. The fraction of sp³-hybridized carbons (Fsp3) is 0.250. The lowest BCUT2D eigenvalue weighted by Gasteiger charge is -2.14. The van der Waals surface area contributed by atoms with E-state index in [4.69, 9.17) is 15.2 Å². The lowest BCUT2D eigenvalue weighted by molar-refractivity contribution is 0.353.